The molecular weight excluding hydrogens is 1240 g/mol. The predicted octanol–water partition coefficient (Wildman–Crippen LogP) is 10.3. The lowest BCUT2D eigenvalue weighted by molar-refractivity contribution is 0.241. The van der Waals surface area contributed by atoms with Crippen molar-refractivity contribution in [1.82, 2.24) is 0 Å². The van der Waals surface area contributed by atoms with E-state index in [1.807, 2.05) is 111 Å². The fraction of sp³-hybridized carbons (Fsp3) is 0.783. The van der Waals surface area contributed by atoms with Crippen LogP contribution in [0.25, 0.3) is 0 Å². The first-order valence-corrected chi connectivity index (χ1v) is 43.6. The van der Waals surface area contributed by atoms with Crippen LogP contribution in [0.3, 0.4) is 0 Å². The highest BCUT2D eigenvalue weighted by Gasteiger charge is 2.34. The predicted molar refractivity (Wildman–Crippen MR) is 428 cm³/mol. The average Bonchev–Trinajstić information content (AvgIpc) is 0.917. The maximum absolute atomic E-state index is 10.0. The van der Waals surface area contributed by atoms with Gasteiger partial charge in [0.1, 0.15) is 12.2 Å². The molecule has 0 aromatic carbocycles. The average molecular weight is 1400 g/mol. The summed E-state index contributed by atoms with van der Waals surface area (Å²) in [6, 6.07) is 4.65. The van der Waals surface area contributed by atoms with E-state index in [0.717, 1.165) is 63.7 Å². The molecule has 9 atom stereocenters. The van der Waals surface area contributed by atoms with Crippen LogP contribution in [0.4, 0.5) is 0 Å². The van der Waals surface area contributed by atoms with Crippen LogP contribution in [0.15, 0.2) is 80.2 Å². The fourth-order valence-corrected chi connectivity index (χ4v) is 9.11. The summed E-state index contributed by atoms with van der Waals surface area (Å²) in [5, 5.41) is 97.5. The molecule has 0 aromatic rings. The van der Waals surface area contributed by atoms with E-state index in [2.05, 4.69) is 128 Å². The molecule has 0 bridgehead atoms. The maximum Gasteiger partial charge on any atom is 0.107 e. The second-order valence-corrected chi connectivity index (χ2v) is 39.8. The Balaban J connectivity index is -0.0000000902. The van der Waals surface area contributed by atoms with Crippen molar-refractivity contribution in [3.8, 4) is 0 Å². The monoisotopic (exact) mass is 1390 g/mol. The van der Waals surface area contributed by atoms with Gasteiger partial charge in [-0.05, 0) is 124 Å². The van der Waals surface area contributed by atoms with Crippen molar-refractivity contribution in [2.24, 2.45) is 54.9 Å². The molecule has 0 fully saturated rings. The van der Waals surface area contributed by atoms with Crippen LogP contribution in [-0.2, 0) is 0 Å². The Hall–Kier alpha value is -3.94. The van der Waals surface area contributed by atoms with Crippen molar-refractivity contribution < 1.29 is 56.2 Å². The van der Waals surface area contributed by atoms with Crippen molar-refractivity contribution >= 4 is 92.6 Å². The van der Waals surface area contributed by atoms with Gasteiger partial charge in [-0.2, -0.15) is 0 Å². The third-order valence-corrected chi connectivity index (χ3v) is 20.4. The van der Waals surface area contributed by atoms with Gasteiger partial charge in [0.15, 0.2) is 0 Å². The minimum absolute atomic E-state index is 0.0537. The Morgan fingerprint density at radius 1 is 0.340 bits per heavy atom. The lowest BCUT2D eigenvalue weighted by Gasteiger charge is -2.30. The van der Waals surface area contributed by atoms with Crippen LogP contribution >= 0.6 is 0 Å². The van der Waals surface area contributed by atoms with Gasteiger partial charge < -0.3 is 56.2 Å². The van der Waals surface area contributed by atoms with E-state index >= 15 is 0 Å². The first-order chi connectivity index (χ1) is 43.7. The number of hydrogen-bond acceptors (Lipinski definition) is 22. The van der Waals surface area contributed by atoms with Gasteiger partial charge in [0.25, 0.3) is 0 Å². The van der Waals surface area contributed by atoms with E-state index in [0.29, 0.717) is 30.7 Å². The normalized spacial score (nSPS) is 14.7. The summed E-state index contributed by atoms with van der Waals surface area (Å²) in [5.74, 6) is 0. The SMILES string of the molecule is C=CC(O)C=NC.C=CC(O)C=NCC.CC(C)N=CC(O)[Si](C)(C)C.CC(C)N=CCO.CC(O)C=NC(C)C.CCC(O)C=NC(C)C.CCN=CC(C)O.CCN=CC(O)CC.CCN=CC(O)[Si](C)(C)C.CCN=CC(O)[Si](CC)(CC)CC.CCN=CCO. The molecule has 560 valence electrons. The number of nitrogens with zero attached hydrogens (tertiary/aromatic N) is 11. The van der Waals surface area contributed by atoms with E-state index in [1.165, 1.54) is 43.2 Å². The van der Waals surface area contributed by atoms with Crippen molar-refractivity contribution in [2.75, 3.05) is 59.5 Å². The van der Waals surface area contributed by atoms with Gasteiger partial charge in [-0.25, -0.2) is 0 Å². The van der Waals surface area contributed by atoms with Gasteiger partial charge in [0.2, 0.25) is 0 Å². The second kappa shape index (κ2) is 85.1. The largest absolute Gasteiger partial charge is 0.391 e. The molecule has 22 nitrogen and oxygen atoms in total. The molecule has 0 spiro atoms. The number of aliphatic imine (C=N–C) groups is 11. The Labute approximate surface area is 579 Å². The van der Waals surface area contributed by atoms with Crippen molar-refractivity contribution in [3.63, 3.8) is 0 Å². The van der Waals surface area contributed by atoms with Crippen LogP contribution < -0.4 is 0 Å². The molecule has 0 aliphatic heterocycles. The van der Waals surface area contributed by atoms with Gasteiger partial charge in [0, 0.05) is 139 Å². The quantitative estimate of drug-likeness (QED) is 0.0176. The minimum atomic E-state index is -1.45. The van der Waals surface area contributed by atoms with E-state index < -0.39 is 42.5 Å². The number of aliphatic hydroxyl groups is 11. The van der Waals surface area contributed by atoms with Crippen molar-refractivity contribution in [3.05, 3.63) is 25.3 Å². The molecule has 9 unspecified atom stereocenters. The van der Waals surface area contributed by atoms with Crippen LogP contribution in [0.2, 0.25) is 57.4 Å². The van der Waals surface area contributed by atoms with Gasteiger partial charge >= 0.3 is 0 Å². The van der Waals surface area contributed by atoms with E-state index in [1.54, 1.807) is 58.2 Å². The van der Waals surface area contributed by atoms with Crippen LogP contribution in [0.5, 0.6) is 0 Å². The summed E-state index contributed by atoms with van der Waals surface area (Å²) in [6.07, 6.45) is 19.0. The molecule has 0 saturated heterocycles. The molecule has 0 amide bonds. The Bertz CT molecular complexity index is 1830. The molecule has 0 aromatic heterocycles. The summed E-state index contributed by atoms with van der Waals surface area (Å²) in [5.41, 5.74) is -0.829. The maximum atomic E-state index is 10.0. The number of hydrogen-bond donors (Lipinski definition) is 11. The second-order valence-electron chi connectivity index (χ2n) is 23.7. The van der Waals surface area contributed by atoms with Gasteiger partial charge in [-0.1, -0.05) is 104 Å². The molecule has 0 saturated carbocycles. The highest BCUT2D eigenvalue weighted by atomic mass is 28.3. The van der Waals surface area contributed by atoms with Gasteiger partial charge in [0.05, 0.1) is 79.0 Å². The van der Waals surface area contributed by atoms with Crippen molar-refractivity contribution in [1.29, 1.82) is 0 Å². The van der Waals surface area contributed by atoms with E-state index in [-0.39, 0.29) is 48.7 Å². The molecule has 0 heterocycles. The summed E-state index contributed by atoms with van der Waals surface area (Å²) >= 11 is 0. The third kappa shape index (κ3) is 115. The summed E-state index contributed by atoms with van der Waals surface area (Å²) in [6.45, 7) is 65.5. The van der Waals surface area contributed by atoms with E-state index in [9.17, 15) is 15.3 Å². The van der Waals surface area contributed by atoms with Crippen LogP contribution in [-0.4, -0.2) is 286 Å². The zero-order chi connectivity index (χ0) is 76.2. The van der Waals surface area contributed by atoms with Crippen LogP contribution in [0.1, 0.15) is 158 Å². The minimum Gasteiger partial charge on any atom is -0.391 e. The van der Waals surface area contributed by atoms with Crippen molar-refractivity contribution in [2.45, 2.75) is 294 Å². The standard InChI is InChI=1S/C10H23NOSi.C8H19NOSi.C7H17NOSi.C7H15NO.2C6H13NO.C6H11NO.C5H11NO.C5H9NO.C5H11NO.C4H9NO/c1-5-11-9-10(12)13(6-2,7-3)8-4;1-7(2)9-6-8(10)11(3,4)5;1-5-8-6-7(9)10(2,3)4;1-4-7(9)5-8-6(2)3;1-5(2)7-4-6(3)8;2*1-3-6(8)5-7-4-2;1-5(2)6-3-4-7;1-3-5(7)4-6-2;1-3-6-4-5(2)7;1-2-5-3-4-6/h9-10,12H,5-8H2,1-4H3;6-8,10H,1-5H3;6-7,9H,5H2,1-4H3;5-7,9H,4H2,1-3H3;4-6,8H,1-3H3;5-6,8H,3-4H2,1-2H3;3,5-6,8H,1,4H2,2H3;3,5,7H,4H2,1-2H3;3-5,7H,1H2,2H3;4-5,7H,3H2,1-2H3;3,6H,2,4H2,1H3. The molecule has 0 radical (unpaired) electrons. The smallest absolute Gasteiger partial charge is 0.107 e. The molecule has 11 N–H and O–H groups in total. The lowest BCUT2D eigenvalue weighted by Crippen LogP contribution is -2.46. The Morgan fingerprint density at radius 3 is 0.883 bits per heavy atom. The fourth-order valence-electron chi connectivity index (χ4n) is 4.84. The zero-order valence-electron chi connectivity index (χ0n) is 65.0. The highest BCUT2D eigenvalue weighted by molar-refractivity contribution is 6.83. The Morgan fingerprint density at radius 2 is 0.638 bits per heavy atom. The first-order valence-electron chi connectivity index (χ1n) is 33.8. The number of aliphatic hydroxyl groups excluding tert-OH is 11. The van der Waals surface area contributed by atoms with Gasteiger partial charge in [-0.15, -0.1) is 13.2 Å². The Kier molecular flexibility index (Phi) is 104. The molecule has 0 rings (SSSR count). The topological polar surface area (TPSA) is 358 Å². The zero-order valence-corrected chi connectivity index (χ0v) is 68.0. The van der Waals surface area contributed by atoms with Gasteiger partial charge in [-0.3, -0.25) is 54.9 Å². The first kappa shape index (κ1) is 114. The molecule has 94 heavy (non-hydrogen) atoms. The molecule has 0 aliphatic rings. The van der Waals surface area contributed by atoms with E-state index in [4.69, 9.17) is 40.9 Å². The molecular formula is C69H151N11O11Si3. The summed E-state index contributed by atoms with van der Waals surface area (Å²) in [7, 11) is -2.66. The lowest BCUT2D eigenvalue weighted by atomic mass is 10.3. The number of rotatable bonds is 31. The van der Waals surface area contributed by atoms with Crippen LogP contribution in [0, 0.1) is 0 Å². The summed E-state index contributed by atoms with van der Waals surface area (Å²) < 4.78 is 0. The molecule has 0 aliphatic carbocycles. The molecule has 25 heteroatoms. The third-order valence-electron chi connectivity index (χ3n) is 11.0. The highest BCUT2D eigenvalue weighted by Crippen LogP contribution is 2.23. The summed E-state index contributed by atoms with van der Waals surface area (Å²) in [4.78, 5) is 42.9.